The first-order valence-corrected chi connectivity index (χ1v) is 15.4. The average Bonchev–Trinajstić information content (AvgIpc) is 3.64. The van der Waals surface area contributed by atoms with Crippen LogP contribution in [0.5, 0.6) is 5.75 Å². The van der Waals surface area contributed by atoms with Gasteiger partial charge in [0.25, 0.3) is 5.92 Å². The van der Waals surface area contributed by atoms with E-state index >= 15 is 4.39 Å². The molecule has 294 valence electrons. The van der Waals surface area contributed by atoms with Crippen molar-refractivity contribution in [2.45, 2.75) is 50.1 Å². The van der Waals surface area contributed by atoms with E-state index in [-0.39, 0.29) is 28.0 Å². The van der Waals surface area contributed by atoms with Crippen molar-refractivity contribution in [1.82, 2.24) is 24.6 Å². The van der Waals surface area contributed by atoms with Crippen LogP contribution in [0.2, 0.25) is 0 Å². The van der Waals surface area contributed by atoms with E-state index in [4.69, 9.17) is 9.47 Å². The first-order valence-electron chi connectivity index (χ1n) is 15.4. The standard InChI is InChI=1S/C32H22F12N6O5/c1-13-23(14-3-15(30(36,37)38)5-16(4-14)31(39,40)41)55-28(53)49(13)10-22-19(8-45-27(47-22)48-11-29(34,35)12-48)18-6-17(7-21(33)24(18)54-2)50-25(32(42,43)44)20(9-46-50)26(51)52/h3-9,13,23H,10-12H2,1-2H3,(H,51,52)/t13?,23-/m0/s1. The van der Waals surface area contributed by atoms with Crippen molar-refractivity contribution in [3.05, 3.63) is 82.2 Å². The molecule has 2 aromatic heterocycles. The quantitative estimate of drug-likeness (QED) is 0.178. The monoisotopic (exact) mass is 798 g/mol. The number of aromatic carboxylic acids is 1. The SMILES string of the molecule is COc1c(F)cc(-n2ncc(C(=O)O)c2C(F)(F)F)cc1-c1cnc(N2CC(F)(F)C2)nc1CN1C(=O)O[C@H](c2cc(C(F)(F)F)cc(C(F)(F)F)c2)C1C. The van der Waals surface area contributed by atoms with Gasteiger partial charge in [0, 0.05) is 23.4 Å². The highest BCUT2D eigenvalue weighted by Crippen LogP contribution is 2.43. The molecule has 2 atom stereocenters. The van der Waals surface area contributed by atoms with E-state index in [0.717, 1.165) is 29.2 Å². The van der Waals surface area contributed by atoms with Crippen LogP contribution >= 0.6 is 0 Å². The number of carboxylic acids is 1. The van der Waals surface area contributed by atoms with E-state index in [0.29, 0.717) is 24.4 Å². The van der Waals surface area contributed by atoms with Crippen molar-refractivity contribution in [2.75, 3.05) is 25.1 Å². The maximum atomic E-state index is 15.6. The second kappa shape index (κ2) is 13.2. The molecule has 4 heterocycles. The Labute approximate surface area is 299 Å². The lowest BCUT2D eigenvalue weighted by Gasteiger charge is -2.38. The van der Waals surface area contributed by atoms with Gasteiger partial charge in [0.1, 0.15) is 11.7 Å². The van der Waals surface area contributed by atoms with Crippen molar-refractivity contribution < 1.29 is 76.9 Å². The topological polar surface area (TPSA) is 123 Å². The Morgan fingerprint density at radius 3 is 2.09 bits per heavy atom. The molecule has 0 spiro atoms. The van der Waals surface area contributed by atoms with Crippen LogP contribution in [0.15, 0.2) is 42.7 Å². The molecule has 55 heavy (non-hydrogen) atoms. The number of carbonyl (C=O) groups excluding carboxylic acids is 1. The number of hydrogen-bond donors (Lipinski definition) is 1. The Morgan fingerprint density at radius 2 is 1.56 bits per heavy atom. The summed E-state index contributed by atoms with van der Waals surface area (Å²) in [7, 11) is 0.963. The Kier molecular flexibility index (Phi) is 9.36. The molecule has 2 saturated heterocycles. The first-order chi connectivity index (χ1) is 25.4. The third-order valence-electron chi connectivity index (χ3n) is 8.67. The number of alkyl halides is 11. The molecular formula is C32H22F12N6O5. The normalized spacial score (nSPS) is 18.7. The van der Waals surface area contributed by atoms with Gasteiger partial charge in [0.2, 0.25) is 5.95 Å². The molecule has 23 heteroatoms. The number of methoxy groups -OCH3 is 1. The third-order valence-corrected chi connectivity index (χ3v) is 8.67. The molecule has 1 unspecified atom stereocenters. The van der Waals surface area contributed by atoms with Crippen LogP contribution in [0, 0.1) is 5.82 Å². The number of halogens is 12. The van der Waals surface area contributed by atoms with Crippen LogP contribution in [0.3, 0.4) is 0 Å². The van der Waals surface area contributed by atoms with Crippen molar-refractivity contribution >= 4 is 18.0 Å². The summed E-state index contributed by atoms with van der Waals surface area (Å²) in [5.41, 5.74) is -8.95. The molecule has 0 saturated carbocycles. The Bertz CT molecular complexity index is 2150. The molecule has 1 amide bonds. The Hall–Kier alpha value is -5.77. The maximum absolute atomic E-state index is 15.6. The van der Waals surface area contributed by atoms with Gasteiger partial charge in [-0.05, 0) is 36.8 Å². The van der Waals surface area contributed by atoms with Gasteiger partial charge in [-0.15, -0.1) is 0 Å². The highest BCUT2D eigenvalue weighted by molar-refractivity contribution is 5.89. The average molecular weight is 799 g/mol. The summed E-state index contributed by atoms with van der Waals surface area (Å²) in [6.45, 7) is -1.29. The number of ether oxygens (including phenoxy) is 2. The number of amides is 1. The highest BCUT2D eigenvalue weighted by atomic mass is 19.4. The summed E-state index contributed by atoms with van der Waals surface area (Å²) in [5.74, 6) is -7.53. The minimum Gasteiger partial charge on any atom is -0.493 e. The summed E-state index contributed by atoms with van der Waals surface area (Å²) < 4.78 is 178. The smallest absolute Gasteiger partial charge is 0.434 e. The number of carbonyl (C=O) groups is 2. The van der Waals surface area contributed by atoms with Crippen molar-refractivity contribution in [2.24, 2.45) is 0 Å². The molecule has 4 aromatic rings. The molecule has 2 aliphatic heterocycles. The van der Waals surface area contributed by atoms with E-state index < -0.39 is 119 Å². The number of anilines is 1. The molecule has 2 aromatic carbocycles. The zero-order valence-corrected chi connectivity index (χ0v) is 27.6. The fourth-order valence-corrected chi connectivity index (χ4v) is 6.10. The molecule has 0 aliphatic carbocycles. The predicted molar refractivity (Wildman–Crippen MR) is 161 cm³/mol. The van der Waals surface area contributed by atoms with Gasteiger partial charge >= 0.3 is 30.6 Å². The van der Waals surface area contributed by atoms with Crippen molar-refractivity contribution in [1.29, 1.82) is 0 Å². The minimum atomic E-state index is -5.33. The lowest BCUT2D eigenvalue weighted by atomic mass is 9.97. The Morgan fingerprint density at radius 1 is 0.945 bits per heavy atom. The zero-order valence-electron chi connectivity index (χ0n) is 27.6. The predicted octanol–water partition coefficient (Wildman–Crippen LogP) is 7.77. The summed E-state index contributed by atoms with van der Waals surface area (Å²) in [5, 5.41) is 12.8. The summed E-state index contributed by atoms with van der Waals surface area (Å²) in [4.78, 5) is 34.8. The van der Waals surface area contributed by atoms with Gasteiger partial charge in [0.05, 0.1) is 61.5 Å². The maximum Gasteiger partial charge on any atom is 0.434 e. The van der Waals surface area contributed by atoms with E-state index in [1.165, 1.54) is 6.92 Å². The number of benzene rings is 2. The summed E-state index contributed by atoms with van der Waals surface area (Å²) >= 11 is 0. The minimum absolute atomic E-state index is 0.0846. The highest BCUT2D eigenvalue weighted by Gasteiger charge is 2.47. The van der Waals surface area contributed by atoms with Crippen LogP contribution in [0.25, 0.3) is 16.8 Å². The largest absolute Gasteiger partial charge is 0.493 e. The van der Waals surface area contributed by atoms with Gasteiger partial charge in [-0.2, -0.15) is 44.6 Å². The Balaban J connectivity index is 1.47. The number of hydrogen-bond acceptors (Lipinski definition) is 8. The lowest BCUT2D eigenvalue weighted by Crippen LogP contribution is -2.57. The zero-order chi connectivity index (χ0) is 40.6. The van der Waals surface area contributed by atoms with E-state index in [9.17, 15) is 63.0 Å². The number of carboxylic acid groups (broad SMARTS) is 1. The third kappa shape index (κ3) is 7.37. The van der Waals surface area contributed by atoms with Gasteiger partial charge in [-0.1, -0.05) is 0 Å². The summed E-state index contributed by atoms with van der Waals surface area (Å²) in [6.07, 6.45) is -17.5. The van der Waals surface area contributed by atoms with E-state index in [2.05, 4.69) is 15.1 Å². The molecule has 11 nitrogen and oxygen atoms in total. The van der Waals surface area contributed by atoms with Gasteiger partial charge < -0.3 is 19.5 Å². The van der Waals surface area contributed by atoms with Crippen LogP contribution in [-0.4, -0.2) is 74.0 Å². The molecule has 0 bridgehead atoms. The first kappa shape index (κ1) is 38.9. The number of aromatic nitrogens is 4. The lowest BCUT2D eigenvalue weighted by molar-refractivity contribution is -0.144. The molecule has 1 N–H and O–H groups in total. The van der Waals surface area contributed by atoms with Gasteiger partial charge in [-0.25, -0.2) is 37.4 Å². The number of rotatable bonds is 8. The van der Waals surface area contributed by atoms with Gasteiger partial charge in [0.15, 0.2) is 17.3 Å². The molecular weight excluding hydrogens is 776 g/mol. The van der Waals surface area contributed by atoms with Crippen LogP contribution in [-0.2, 0) is 29.8 Å². The molecule has 2 fully saturated rings. The van der Waals surface area contributed by atoms with E-state index in [1.807, 2.05) is 0 Å². The second-order valence-electron chi connectivity index (χ2n) is 12.4. The fraction of sp³-hybridized carbons (Fsp3) is 0.344. The van der Waals surface area contributed by atoms with Gasteiger partial charge in [-0.3, -0.25) is 4.90 Å². The number of nitrogens with zero attached hydrogens (tertiary/aromatic N) is 6. The van der Waals surface area contributed by atoms with Crippen molar-refractivity contribution in [3.8, 4) is 22.6 Å². The van der Waals surface area contributed by atoms with Crippen LogP contribution in [0.4, 0.5) is 63.4 Å². The fourth-order valence-electron chi connectivity index (χ4n) is 6.10. The second-order valence-corrected chi connectivity index (χ2v) is 12.4. The molecule has 6 rings (SSSR count). The van der Waals surface area contributed by atoms with Crippen LogP contribution < -0.4 is 9.64 Å². The van der Waals surface area contributed by atoms with Crippen molar-refractivity contribution in [3.63, 3.8) is 0 Å². The molecule has 2 aliphatic rings. The number of cyclic esters (lactones) is 1. The van der Waals surface area contributed by atoms with E-state index in [1.54, 1.807) is 0 Å². The summed E-state index contributed by atoms with van der Waals surface area (Å²) in [6, 6.07) is 0.651. The van der Waals surface area contributed by atoms with Crippen LogP contribution in [0.1, 0.15) is 51.5 Å². The molecule has 0 radical (unpaired) electrons.